The van der Waals surface area contributed by atoms with Gasteiger partial charge in [-0.1, -0.05) is 11.6 Å². The van der Waals surface area contributed by atoms with Crippen LogP contribution in [0.2, 0.25) is 5.15 Å². The Bertz CT molecular complexity index is 437. The molecule has 1 aromatic heterocycles. The van der Waals surface area contributed by atoms with Gasteiger partial charge in [-0.15, -0.1) is 0 Å². The van der Waals surface area contributed by atoms with Gasteiger partial charge in [-0.3, -0.25) is 14.9 Å². The van der Waals surface area contributed by atoms with Crippen LogP contribution in [0.4, 0.5) is 11.5 Å². The van der Waals surface area contributed by atoms with Crippen molar-refractivity contribution in [3.05, 3.63) is 27.4 Å². The minimum Gasteiger partial charge on any atom is -0.368 e. The molecule has 0 saturated heterocycles. The average Bonchev–Trinajstić information content (AvgIpc) is 2.15. The van der Waals surface area contributed by atoms with Crippen molar-refractivity contribution in [2.75, 3.05) is 18.5 Å². The number of aromatic nitrogens is 1. The predicted molar refractivity (Wildman–Crippen MR) is 58.4 cm³/mol. The van der Waals surface area contributed by atoms with Gasteiger partial charge < -0.3 is 10.6 Å². The zero-order valence-electron chi connectivity index (χ0n) is 8.38. The van der Waals surface area contributed by atoms with Crippen LogP contribution in [0, 0.1) is 10.1 Å². The minimum absolute atomic E-state index is 0.0105. The predicted octanol–water partition coefficient (Wildman–Crippen LogP) is 0.565. The molecule has 2 N–H and O–H groups in total. The Morgan fingerprint density at radius 1 is 1.69 bits per heavy atom. The number of pyridine rings is 1. The number of carbonyl (C=O) groups excluding carboxylic acids is 1. The summed E-state index contributed by atoms with van der Waals surface area (Å²) >= 11 is 5.63. The highest BCUT2D eigenvalue weighted by Crippen LogP contribution is 2.26. The standard InChI is InChI=1S/C8H9ClN4O3/c1-12(4-7(10)14)8-5(13(15)16)2-3-6(9)11-8/h2-3H,4H2,1H3,(H2,10,14). The summed E-state index contributed by atoms with van der Waals surface area (Å²) in [6.45, 7) is -0.172. The highest BCUT2D eigenvalue weighted by Gasteiger charge is 2.20. The Hall–Kier alpha value is -1.89. The lowest BCUT2D eigenvalue weighted by Crippen LogP contribution is -2.31. The molecular formula is C8H9ClN4O3. The van der Waals surface area contributed by atoms with Crippen LogP contribution in [0.5, 0.6) is 0 Å². The smallest absolute Gasteiger partial charge is 0.311 e. The third-order valence-corrected chi connectivity index (χ3v) is 1.98. The summed E-state index contributed by atoms with van der Waals surface area (Å²) in [6, 6.07) is 2.53. The topological polar surface area (TPSA) is 102 Å². The van der Waals surface area contributed by atoms with Crippen LogP contribution in [0.3, 0.4) is 0 Å². The van der Waals surface area contributed by atoms with Crippen molar-refractivity contribution < 1.29 is 9.72 Å². The van der Waals surface area contributed by atoms with E-state index in [4.69, 9.17) is 17.3 Å². The van der Waals surface area contributed by atoms with E-state index in [1.807, 2.05) is 0 Å². The minimum atomic E-state index is -0.612. The first-order chi connectivity index (χ1) is 7.41. The molecule has 1 heterocycles. The Labute approximate surface area is 96.0 Å². The number of primary amides is 1. The summed E-state index contributed by atoms with van der Waals surface area (Å²) < 4.78 is 0. The second kappa shape index (κ2) is 4.75. The van der Waals surface area contributed by atoms with E-state index in [1.165, 1.54) is 24.1 Å². The quantitative estimate of drug-likeness (QED) is 0.474. The molecule has 1 amide bonds. The fourth-order valence-electron chi connectivity index (χ4n) is 1.15. The lowest BCUT2D eigenvalue weighted by atomic mass is 10.3. The molecule has 0 aliphatic rings. The second-order valence-corrected chi connectivity index (χ2v) is 3.44. The van der Waals surface area contributed by atoms with E-state index in [2.05, 4.69) is 4.98 Å². The second-order valence-electron chi connectivity index (χ2n) is 3.06. The van der Waals surface area contributed by atoms with Gasteiger partial charge in [0.2, 0.25) is 11.7 Å². The van der Waals surface area contributed by atoms with Crippen LogP contribution in [-0.2, 0) is 4.79 Å². The molecule has 0 bridgehead atoms. The third kappa shape index (κ3) is 2.80. The van der Waals surface area contributed by atoms with Crippen molar-refractivity contribution in [1.29, 1.82) is 0 Å². The number of halogens is 1. The van der Waals surface area contributed by atoms with Crippen molar-refractivity contribution >= 4 is 29.0 Å². The molecule has 0 aliphatic carbocycles. The molecule has 0 aromatic carbocycles. The summed E-state index contributed by atoms with van der Waals surface area (Å²) in [4.78, 5) is 25.9. The van der Waals surface area contributed by atoms with Crippen LogP contribution in [0.1, 0.15) is 0 Å². The van der Waals surface area contributed by atoms with Gasteiger partial charge >= 0.3 is 5.69 Å². The Balaban J connectivity index is 3.13. The maximum Gasteiger partial charge on any atom is 0.311 e. The van der Waals surface area contributed by atoms with Gasteiger partial charge in [0.05, 0.1) is 11.5 Å². The molecule has 0 fully saturated rings. The summed E-state index contributed by atoms with van der Waals surface area (Å²) in [7, 11) is 1.47. The zero-order valence-corrected chi connectivity index (χ0v) is 9.14. The van der Waals surface area contributed by atoms with E-state index in [-0.39, 0.29) is 23.2 Å². The average molecular weight is 245 g/mol. The SMILES string of the molecule is CN(CC(N)=O)c1nc(Cl)ccc1[N+](=O)[O-]. The molecule has 0 radical (unpaired) electrons. The molecule has 7 nitrogen and oxygen atoms in total. The number of likely N-dealkylation sites (N-methyl/N-ethyl adjacent to an activating group) is 1. The third-order valence-electron chi connectivity index (χ3n) is 1.77. The van der Waals surface area contributed by atoms with Crippen molar-refractivity contribution in [2.45, 2.75) is 0 Å². The van der Waals surface area contributed by atoms with Crippen molar-refractivity contribution in [2.24, 2.45) is 5.73 Å². The first-order valence-corrected chi connectivity index (χ1v) is 4.60. The Morgan fingerprint density at radius 3 is 2.81 bits per heavy atom. The van der Waals surface area contributed by atoms with E-state index in [9.17, 15) is 14.9 Å². The molecule has 1 aromatic rings. The van der Waals surface area contributed by atoms with Gasteiger partial charge in [-0.2, -0.15) is 0 Å². The summed E-state index contributed by atoms with van der Waals surface area (Å²) in [5.74, 6) is -0.602. The maximum atomic E-state index is 10.7. The van der Waals surface area contributed by atoms with Crippen LogP contribution in [-0.4, -0.2) is 29.4 Å². The van der Waals surface area contributed by atoms with E-state index in [0.29, 0.717) is 0 Å². The van der Waals surface area contributed by atoms with Gasteiger partial charge in [0.15, 0.2) is 0 Å². The number of anilines is 1. The summed E-state index contributed by atoms with van der Waals surface area (Å²) in [6.07, 6.45) is 0. The number of carbonyl (C=O) groups is 1. The molecule has 0 aliphatic heterocycles. The van der Waals surface area contributed by atoms with Crippen molar-refractivity contribution in [1.82, 2.24) is 4.98 Å². The number of amides is 1. The lowest BCUT2D eigenvalue weighted by molar-refractivity contribution is -0.384. The molecule has 0 atom stereocenters. The van der Waals surface area contributed by atoms with Gasteiger partial charge in [-0.25, -0.2) is 4.98 Å². The number of nitrogens with two attached hydrogens (primary N) is 1. The number of hydrogen-bond acceptors (Lipinski definition) is 5. The molecule has 0 saturated carbocycles. The molecule has 1 rings (SSSR count). The van der Waals surface area contributed by atoms with Crippen LogP contribution >= 0.6 is 11.6 Å². The largest absolute Gasteiger partial charge is 0.368 e. The Kier molecular flexibility index (Phi) is 3.62. The number of nitrogens with zero attached hydrogens (tertiary/aromatic N) is 3. The maximum absolute atomic E-state index is 10.7. The summed E-state index contributed by atoms with van der Waals surface area (Å²) in [5.41, 5.74) is 4.76. The molecule has 86 valence electrons. The monoisotopic (exact) mass is 244 g/mol. The van der Waals surface area contributed by atoms with Crippen LogP contribution in [0.15, 0.2) is 12.1 Å². The highest BCUT2D eigenvalue weighted by molar-refractivity contribution is 6.29. The van der Waals surface area contributed by atoms with Gasteiger partial charge in [0, 0.05) is 13.1 Å². The van der Waals surface area contributed by atoms with Gasteiger partial charge in [0.25, 0.3) is 0 Å². The van der Waals surface area contributed by atoms with E-state index in [0.717, 1.165) is 0 Å². The van der Waals surface area contributed by atoms with Crippen molar-refractivity contribution in [3.8, 4) is 0 Å². The normalized spacial score (nSPS) is 9.88. The number of nitro groups is 1. The first-order valence-electron chi connectivity index (χ1n) is 4.22. The molecular weight excluding hydrogens is 236 g/mol. The molecule has 16 heavy (non-hydrogen) atoms. The van der Waals surface area contributed by atoms with Crippen LogP contribution < -0.4 is 10.6 Å². The number of hydrogen-bond donors (Lipinski definition) is 1. The Morgan fingerprint density at radius 2 is 2.31 bits per heavy atom. The van der Waals surface area contributed by atoms with Crippen LogP contribution in [0.25, 0.3) is 0 Å². The molecule has 0 spiro atoms. The van der Waals surface area contributed by atoms with Gasteiger partial charge in [0.1, 0.15) is 5.15 Å². The molecule has 0 unspecified atom stereocenters. The first kappa shape index (κ1) is 12.2. The van der Waals surface area contributed by atoms with E-state index < -0.39 is 10.8 Å². The van der Waals surface area contributed by atoms with E-state index >= 15 is 0 Å². The fourth-order valence-corrected chi connectivity index (χ4v) is 1.29. The molecule has 8 heteroatoms. The zero-order chi connectivity index (χ0) is 12.3. The van der Waals surface area contributed by atoms with Crippen molar-refractivity contribution in [3.63, 3.8) is 0 Å². The fraction of sp³-hybridized carbons (Fsp3) is 0.250. The lowest BCUT2D eigenvalue weighted by Gasteiger charge is -2.15. The number of rotatable bonds is 4. The van der Waals surface area contributed by atoms with E-state index in [1.54, 1.807) is 0 Å². The highest BCUT2D eigenvalue weighted by atomic mass is 35.5. The van der Waals surface area contributed by atoms with Gasteiger partial charge in [-0.05, 0) is 6.07 Å². The summed E-state index contributed by atoms with van der Waals surface area (Å²) in [5, 5.41) is 10.8.